The third-order valence-electron chi connectivity index (χ3n) is 3.34. The van der Waals surface area contributed by atoms with Crippen molar-refractivity contribution in [1.29, 1.82) is 0 Å². The van der Waals surface area contributed by atoms with Crippen molar-refractivity contribution >= 4 is 52.1 Å². The van der Waals surface area contributed by atoms with E-state index in [0.717, 1.165) is 11.6 Å². The summed E-state index contributed by atoms with van der Waals surface area (Å²) in [4.78, 5) is 28.1. The first-order chi connectivity index (χ1) is 12.9. The van der Waals surface area contributed by atoms with Gasteiger partial charge in [0.1, 0.15) is 10.8 Å². The molecule has 1 heterocycles. The lowest BCUT2D eigenvalue weighted by Gasteiger charge is -2.06. The fourth-order valence-corrected chi connectivity index (χ4v) is 3.17. The van der Waals surface area contributed by atoms with Crippen LogP contribution in [0.4, 0.5) is 10.1 Å². The van der Waals surface area contributed by atoms with Crippen molar-refractivity contribution in [3.8, 4) is 10.6 Å². The molecule has 1 amide bonds. The van der Waals surface area contributed by atoms with E-state index in [-0.39, 0.29) is 10.7 Å². The Morgan fingerprint density at radius 2 is 1.89 bits per heavy atom. The number of nitrogens with zero attached hydrogens (tertiary/aromatic N) is 1. The number of rotatable bonds is 5. The van der Waals surface area contributed by atoms with E-state index in [9.17, 15) is 14.0 Å². The van der Waals surface area contributed by atoms with E-state index in [0.29, 0.717) is 15.7 Å². The van der Waals surface area contributed by atoms with Gasteiger partial charge < -0.3 is 10.1 Å². The summed E-state index contributed by atoms with van der Waals surface area (Å²) in [5.41, 5.74) is 1.21. The Kier molecular flexibility index (Phi) is 6.05. The summed E-state index contributed by atoms with van der Waals surface area (Å²) in [7, 11) is 0. The molecule has 0 aliphatic heterocycles. The van der Waals surface area contributed by atoms with Crippen LogP contribution in [0.1, 0.15) is 10.5 Å². The zero-order chi connectivity index (χ0) is 19.4. The van der Waals surface area contributed by atoms with Gasteiger partial charge in [-0.2, -0.15) is 0 Å². The van der Waals surface area contributed by atoms with Crippen molar-refractivity contribution < 1.29 is 18.7 Å². The minimum Gasteiger partial charge on any atom is -0.451 e. The first-order valence-electron chi connectivity index (χ1n) is 7.56. The molecule has 0 saturated heterocycles. The number of anilines is 1. The second-order valence-corrected chi connectivity index (χ2v) is 7.00. The first-order valence-corrected chi connectivity index (χ1v) is 9.19. The zero-order valence-electron chi connectivity index (χ0n) is 13.5. The summed E-state index contributed by atoms with van der Waals surface area (Å²) < 4.78 is 18.0. The minimum atomic E-state index is -0.723. The van der Waals surface area contributed by atoms with Crippen LogP contribution in [0.15, 0.2) is 47.8 Å². The van der Waals surface area contributed by atoms with Gasteiger partial charge in [0.2, 0.25) is 0 Å². The van der Waals surface area contributed by atoms with E-state index >= 15 is 0 Å². The molecule has 0 radical (unpaired) electrons. The molecule has 9 heteroatoms. The second-order valence-electron chi connectivity index (χ2n) is 5.30. The quantitative estimate of drug-likeness (QED) is 0.581. The molecular weight excluding hydrogens is 414 g/mol. The van der Waals surface area contributed by atoms with Gasteiger partial charge >= 0.3 is 5.97 Å². The standard InChI is InChI=1S/C18H11Cl2FN2O3S/c19-11-3-1-10(2-4-11)17-23-15(9-27-17)18(25)26-8-16(24)22-12-5-6-14(21)13(20)7-12/h1-7,9H,8H2,(H,22,24). The van der Waals surface area contributed by atoms with Crippen molar-refractivity contribution in [2.75, 3.05) is 11.9 Å². The molecular formula is C18H11Cl2FN2O3S. The van der Waals surface area contributed by atoms with E-state index < -0.39 is 24.3 Å². The Morgan fingerprint density at radius 3 is 2.59 bits per heavy atom. The molecule has 0 atom stereocenters. The Hall–Kier alpha value is -2.48. The maximum atomic E-state index is 13.1. The number of amides is 1. The van der Waals surface area contributed by atoms with E-state index in [4.69, 9.17) is 27.9 Å². The summed E-state index contributed by atoms with van der Waals surface area (Å²) >= 11 is 12.8. The van der Waals surface area contributed by atoms with E-state index in [1.54, 1.807) is 29.6 Å². The Balaban J connectivity index is 1.56. The largest absolute Gasteiger partial charge is 0.451 e. The second kappa shape index (κ2) is 8.47. The van der Waals surface area contributed by atoms with Gasteiger partial charge in [-0.15, -0.1) is 11.3 Å². The number of nitrogens with one attached hydrogen (secondary N) is 1. The van der Waals surface area contributed by atoms with Crippen LogP contribution in [0, 0.1) is 5.82 Å². The molecule has 0 spiro atoms. The van der Waals surface area contributed by atoms with E-state index in [1.807, 2.05) is 0 Å². The number of hydrogen-bond donors (Lipinski definition) is 1. The fraction of sp³-hybridized carbons (Fsp3) is 0.0556. The Bertz CT molecular complexity index is 993. The summed E-state index contributed by atoms with van der Waals surface area (Å²) in [6, 6.07) is 10.8. The Morgan fingerprint density at radius 1 is 1.15 bits per heavy atom. The molecule has 138 valence electrons. The maximum Gasteiger partial charge on any atom is 0.358 e. The maximum absolute atomic E-state index is 13.1. The van der Waals surface area contributed by atoms with E-state index in [1.165, 1.54) is 23.5 Å². The molecule has 2 aromatic carbocycles. The lowest BCUT2D eigenvalue weighted by Crippen LogP contribution is -2.21. The van der Waals surface area contributed by atoms with Crippen LogP contribution in [0.3, 0.4) is 0 Å². The van der Waals surface area contributed by atoms with Gasteiger partial charge in [-0.25, -0.2) is 14.2 Å². The van der Waals surface area contributed by atoms with Crippen molar-refractivity contribution in [1.82, 2.24) is 4.98 Å². The molecule has 0 saturated carbocycles. The highest BCUT2D eigenvalue weighted by atomic mass is 35.5. The number of ether oxygens (including phenoxy) is 1. The van der Waals surface area contributed by atoms with Crippen LogP contribution in [-0.4, -0.2) is 23.5 Å². The molecule has 0 aliphatic carbocycles. The van der Waals surface area contributed by atoms with Gasteiger partial charge in [0.15, 0.2) is 12.3 Å². The number of halogens is 3. The molecule has 3 rings (SSSR count). The predicted octanol–water partition coefficient (Wildman–Crippen LogP) is 5.05. The first kappa shape index (κ1) is 19.3. The Labute approximate surface area is 167 Å². The lowest BCUT2D eigenvalue weighted by molar-refractivity contribution is -0.119. The van der Waals surface area contributed by atoms with Gasteiger partial charge in [-0.05, 0) is 30.3 Å². The monoisotopic (exact) mass is 424 g/mol. The van der Waals surface area contributed by atoms with Crippen LogP contribution in [0.25, 0.3) is 10.6 Å². The SMILES string of the molecule is O=C(COC(=O)c1csc(-c2ccc(Cl)cc2)n1)Nc1ccc(F)c(Cl)c1. The third-order valence-corrected chi connectivity index (χ3v) is 4.78. The molecule has 27 heavy (non-hydrogen) atoms. The zero-order valence-corrected chi connectivity index (χ0v) is 15.9. The number of thiazole rings is 1. The molecule has 5 nitrogen and oxygen atoms in total. The summed E-state index contributed by atoms with van der Waals surface area (Å²) in [6.07, 6.45) is 0. The average Bonchev–Trinajstić information content (AvgIpc) is 3.13. The van der Waals surface area contributed by atoms with Crippen molar-refractivity contribution in [3.63, 3.8) is 0 Å². The topological polar surface area (TPSA) is 68.3 Å². The number of carbonyl (C=O) groups is 2. The van der Waals surface area contributed by atoms with Crippen LogP contribution in [-0.2, 0) is 9.53 Å². The summed E-state index contributed by atoms with van der Waals surface area (Å²) in [5, 5.41) is 5.11. The van der Waals surface area contributed by atoms with Gasteiger partial charge in [0.05, 0.1) is 5.02 Å². The molecule has 1 aromatic heterocycles. The lowest BCUT2D eigenvalue weighted by atomic mass is 10.2. The molecule has 0 unspecified atom stereocenters. The van der Waals surface area contributed by atoms with Gasteiger partial charge in [0.25, 0.3) is 5.91 Å². The normalized spacial score (nSPS) is 10.5. The molecule has 3 aromatic rings. The van der Waals surface area contributed by atoms with Gasteiger partial charge in [0, 0.05) is 21.7 Å². The van der Waals surface area contributed by atoms with Crippen LogP contribution >= 0.6 is 34.5 Å². The fourth-order valence-electron chi connectivity index (χ4n) is 2.07. The number of carbonyl (C=O) groups excluding carboxylic acids is 2. The van der Waals surface area contributed by atoms with Crippen molar-refractivity contribution in [2.24, 2.45) is 0 Å². The van der Waals surface area contributed by atoms with Crippen LogP contribution in [0.2, 0.25) is 10.0 Å². The molecule has 0 aliphatic rings. The molecule has 0 fully saturated rings. The van der Waals surface area contributed by atoms with Crippen molar-refractivity contribution in [2.45, 2.75) is 0 Å². The highest BCUT2D eigenvalue weighted by Crippen LogP contribution is 2.25. The number of benzene rings is 2. The average molecular weight is 425 g/mol. The van der Waals surface area contributed by atoms with E-state index in [2.05, 4.69) is 10.3 Å². The summed E-state index contributed by atoms with van der Waals surface area (Å²) in [5.74, 6) is -1.90. The smallest absolute Gasteiger partial charge is 0.358 e. The number of hydrogen-bond acceptors (Lipinski definition) is 5. The number of aromatic nitrogens is 1. The van der Waals surface area contributed by atoms with Gasteiger partial charge in [-0.3, -0.25) is 4.79 Å². The number of esters is 1. The highest BCUT2D eigenvalue weighted by molar-refractivity contribution is 7.13. The van der Waals surface area contributed by atoms with Crippen molar-refractivity contribution in [3.05, 3.63) is 69.4 Å². The minimum absolute atomic E-state index is 0.0996. The van der Waals surface area contributed by atoms with Gasteiger partial charge in [-0.1, -0.05) is 35.3 Å². The van der Waals surface area contributed by atoms with Crippen LogP contribution in [0.5, 0.6) is 0 Å². The highest BCUT2D eigenvalue weighted by Gasteiger charge is 2.15. The van der Waals surface area contributed by atoms with Crippen LogP contribution < -0.4 is 5.32 Å². The predicted molar refractivity (Wildman–Crippen MR) is 103 cm³/mol. The molecule has 0 bridgehead atoms. The molecule has 1 N–H and O–H groups in total. The summed E-state index contributed by atoms with van der Waals surface area (Å²) in [6.45, 7) is -0.512. The third kappa shape index (κ3) is 5.03.